The van der Waals surface area contributed by atoms with Crippen molar-refractivity contribution in [3.8, 4) is 0 Å². The highest BCUT2D eigenvalue weighted by atomic mass is 16.2. The van der Waals surface area contributed by atoms with Crippen LogP contribution in [-0.4, -0.2) is 22.8 Å². The van der Waals surface area contributed by atoms with E-state index in [2.05, 4.69) is 4.98 Å². The molecule has 0 saturated carbocycles. The van der Waals surface area contributed by atoms with E-state index in [0.29, 0.717) is 12.1 Å². The molecular formula is C18H16N2O. The Hall–Kier alpha value is -2.68. The molecule has 21 heavy (non-hydrogen) atoms. The average Bonchev–Trinajstić information content (AvgIpc) is 2.54. The van der Waals surface area contributed by atoms with Gasteiger partial charge >= 0.3 is 0 Å². The molecule has 1 heterocycles. The van der Waals surface area contributed by atoms with E-state index in [9.17, 15) is 4.79 Å². The largest absolute Gasteiger partial charge is 0.337 e. The van der Waals surface area contributed by atoms with E-state index in [4.69, 9.17) is 0 Å². The minimum absolute atomic E-state index is 0.0115. The fourth-order valence-electron chi connectivity index (χ4n) is 2.43. The van der Waals surface area contributed by atoms with E-state index >= 15 is 0 Å². The Balaban J connectivity index is 1.90. The Labute approximate surface area is 123 Å². The summed E-state index contributed by atoms with van der Waals surface area (Å²) < 4.78 is 0. The minimum atomic E-state index is 0.0115. The van der Waals surface area contributed by atoms with Gasteiger partial charge in [0.2, 0.25) is 0 Å². The van der Waals surface area contributed by atoms with Gasteiger partial charge in [0.05, 0.1) is 0 Å². The van der Waals surface area contributed by atoms with E-state index < -0.39 is 0 Å². The van der Waals surface area contributed by atoms with E-state index in [0.717, 1.165) is 16.3 Å². The molecule has 0 radical (unpaired) electrons. The molecule has 1 amide bonds. The van der Waals surface area contributed by atoms with Gasteiger partial charge < -0.3 is 4.90 Å². The second-order valence-electron chi connectivity index (χ2n) is 5.05. The molecule has 3 heteroatoms. The lowest BCUT2D eigenvalue weighted by Crippen LogP contribution is -2.26. The summed E-state index contributed by atoms with van der Waals surface area (Å²) in [4.78, 5) is 18.5. The Morgan fingerprint density at radius 2 is 1.86 bits per heavy atom. The second-order valence-corrected chi connectivity index (χ2v) is 5.05. The molecular weight excluding hydrogens is 260 g/mol. The van der Waals surface area contributed by atoms with Crippen molar-refractivity contribution in [1.29, 1.82) is 0 Å². The molecule has 104 valence electrons. The minimum Gasteiger partial charge on any atom is -0.337 e. The van der Waals surface area contributed by atoms with Crippen LogP contribution in [-0.2, 0) is 6.54 Å². The molecule has 3 aromatic rings. The van der Waals surface area contributed by atoms with Crippen molar-refractivity contribution < 1.29 is 4.79 Å². The smallest absolute Gasteiger partial charge is 0.254 e. The maximum atomic E-state index is 12.7. The quantitative estimate of drug-likeness (QED) is 0.733. The summed E-state index contributed by atoms with van der Waals surface area (Å²) in [6, 6.07) is 17.7. The molecule has 3 rings (SSSR count). The highest BCUT2D eigenvalue weighted by molar-refractivity contribution is 6.06. The Kier molecular flexibility index (Phi) is 3.65. The van der Waals surface area contributed by atoms with Gasteiger partial charge in [-0.3, -0.25) is 9.78 Å². The number of hydrogen-bond donors (Lipinski definition) is 0. The lowest BCUT2D eigenvalue weighted by atomic mass is 10.1. The molecule has 0 bridgehead atoms. The van der Waals surface area contributed by atoms with Crippen molar-refractivity contribution in [2.45, 2.75) is 6.54 Å². The molecule has 0 saturated heterocycles. The molecule has 0 spiro atoms. The van der Waals surface area contributed by atoms with Crippen LogP contribution in [0.3, 0.4) is 0 Å². The van der Waals surface area contributed by atoms with Crippen molar-refractivity contribution in [2.24, 2.45) is 0 Å². The maximum Gasteiger partial charge on any atom is 0.254 e. The predicted molar refractivity (Wildman–Crippen MR) is 84.0 cm³/mol. The Bertz CT molecular complexity index is 763. The molecule has 3 nitrogen and oxygen atoms in total. The zero-order chi connectivity index (χ0) is 14.7. The zero-order valence-electron chi connectivity index (χ0n) is 11.9. The first kappa shape index (κ1) is 13.3. The first-order valence-corrected chi connectivity index (χ1v) is 6.88. The molecule has 0 fully saturated rings. The number of amides is 1. The molecule has 0 aliphatic carbocycles. The second kappa shape index (κ2) is 5.75. The summed E-state index contributed by atoms with van der Waals surface area (Å²) >= 11 is 0. The van der Waals surface area contributed by atoms with Gasteiger partial charge in [0.15, 0.2) is 0 Å². The van der Waals surface area contributed by atoms with Crippen molar-refractivity contribution in [1.82, 2.24) is 9.88 Å². The third-order valence-electron chi connectivity index (χ3n) is 3.52. The highest BCUT2D eigenvalue weighted by Crippen LogP contribution is 2.19. The first-order valence-electron chi connectivity index (χ1n) is 6.88. The molecule has 2 aromatic carbocycles. The van der Waals surface area contributed by atoms with Crippen molar-refractivity contribution in [3.63, 3.8) is 0 Å². The predicted octanol–water partition coefficient (Wildman–Crippen LogP) is 3.51. The average molecular weight is 276 g/mol. The number of pyridine rings is 1. The molecule has 0 atom stereocenters. The van der Waals surface area contributed by atoms with Gasteiger partial charge in [0.25, 0.3) is 5.91 Å². The number of carbonyl (C=O) groups excluding carboxylic acids is 1. The molecule has 0 N–H and O–H groups in total. The zero-order valence-corrected chi connectivity index (χ0v) is 11.9. The summed E-state index contributed by atoms with van der Waals surface area (Å²) in [6.07, 6.45) is 3.49. The molecule has 0 aliphatic heterocycles. The third-order valence-corrected chi connectivity index (χ3v) is 3.52. The lowest BCUT2D eigenvalue weighted by Gasteiger charge is -2.18. The number of hydrogen-bond acceptors (Lipinski definition) is 2. The van der Waals surface area contributed by atoms with E-state index in [1.807, 2.05) is 61.6 Å². The fraction of sp³-hybridized carbons (Fsp3) is 0.111. The highest BCUT2D eigenvalue weighted by Gasteiger charge is 2.14. The van der Waals surface area contributed by atoms with Gasteiger partial charge in [0.1, 0.15) is 0 Å². The van der Waals surface area contributed by atoms with Crippen LogP contribution in [0.1, 0.15) is 15.9 Å². The van der Waals surface area contributed by atoms with Crippen LogP contribution >= 0.6 is 0 Å². The van der Waals surface area contributed by atoms with Crippen molar-refractivity contribution in [3.05, 3.63) is 78.1 Å². The van der Waals surface area contributed by atoms with Crippen molar-refractivity contribution >= 4 is 16.7 Å². The lowest BCUT2D eigenvalue weighted by molar-refractivity contribution is 0.0787. The maximum absolute atomic E-state index is 12.7. The van der Waals surface area contributed by atoms with Crippen LogP contribution in [0, 0.1) is 0 Å². The normalized spacial score (nSPS) is 10.5. The van der Waals surface area contributed by atoms with E-state index in [1.54, 1.807) is 17.3 Å². The standard InChI is InChI=1S/C18H16N2O/c1-20(13-14-6-3-2-4-7-14)18(21)16-9-5-8-15-10-11-19-12-17(15)16/h2-12H,13H2,1H3. The molecule has 0 aliphatic rings. The van der Waals surface area contributed by atoms with Crippen LogP contribution < -0.4 is 0 Å². The number of benzene rings is 2. The first-order chi connectivity index (χ1) is 10.3. The Morgan fingerprint density at radius 3 is 2.67 bits per heavy atom. The van der Waals surface area contributed by atoms with Gasteiger partial charge in [-0.15, -0.1) is 0 Å². The van der Waals surface area contributed by atoms with Crippen LogP contribution in [0.15, 0.2) is 67.0 Å². The van der Waals surface area contributed by atoms with Crippen LogP contribution in [0.5, 0.6) is 0 Å². The number of carbonyl (C=O) groups is 1. The van der Waals surface area contributed by atoms with Gasteiger partial charge in [0, 0.05) is 36.9 Å². The number of nitrogens with zero attached hydrogens (tertiary/aromatic N) is 2. The van der Waals surface area contributed by atoms with Crippen molar-refractivity contribution in [2.75, 3.05) is 7.05 Å². The third kappa shape index (κ3) is 2.77. The van der Waals surface area contributed by atoms with Crippen LogP contribution in [0.25, 0.3) is 10.8 Å². The van der Waals surface area contributed by atoms with Gasteiger partial charge in [-0.25, -0.2) is 0 Å². The van der Waals surface area contributed by atoms with E-state index in [-0.39, 0.29) is 5.91 Å². The van der Waals surface area contributed by atoms with Crippen LogP contribution in [0.4, 0.5) is 0 Å². The number of rotatable bonds is 3. The molecule has 0 unspecified atom stereocenters. The molecule has 1 aromatic heterocycles. The summed E-state index contributed by atoms with van der Waals surface area (Å²) in [5, 5.41) is 1.92. The SMILES string of the molecule is CN(Cc1ccccc1)C(=O)c1cccc2ccncc12. The fourth-order valence-corrected chi connectivity index (χ4v) is 2.43. The van der Waals surface area contributed by atoms with Gasteiger partial charge in [-0.2, -0.15) is 0 Å². The number of aromatic nitrogens is 1. The summed E-state index contributed by atoms with van der Waals surface area (Å²) in [7, 11) is 1.82. The monoisotopic (exact) mass is 276 g/mol. The Morgan fingerprint density at radius 1 is 1.05 bits per heavy atom. The van der Waals surface area contributed by atoms with E-state index in [1.165, 1.54) is 0 Å². The topological polar surface area (TPSA) is 33.2 Å². The number of fused-ring (bicyclic) bond motifs is 1. The van der Waals surface area contributed by atoms with Gasteiger partial charge in [-0.05, 0) is 23.1 Å². The summed E-state index contributed by atoms with van der Waals surface area (Å²) in [6.45, 7) is 0.594. The van der Waals surface area contributed by atoms with Gasteiger partial charge in [-0.1, -0.05) is 42.5 Å². The summed E-state index contributed by atoms with van der Waals surface area (Å²) in [5.74, 6) is 0.0115. The van der Waals surface area contributed by atoms with Crippen LogP contribution in [0.2, 0.25) is 0 Å². The summed E-state index contributed by atoms with van der Waals surface area (Å²) in [5.41, 5.74) is 1.81.